The third-order valence-electron chi connectivity index (χ3n) is 3.57. The number of hydrogen-bond acceptors (Lipinski definition) is 4. The van der Waals surface area contributed by atoms with Crippen LogP contribution in [0.1, 0.15) is 28.5 Å². The molecule has 6 nitrogen and oxygen atoms in total. The predicted octanol–water partition coefficient (Wildman–Crippen LogP) is 3.93. The van der Waals surface area contributed by atoms with Gasteiger partial charge in [-0.1, -0.05) is 29.8 Å². The van der Waals surface area contributed by atoms with Crippen LogP contribution in [0.15, 0.2) is 30.3 Å². The number of rotatable bonds is 4. The Kier molecular flexibility index (Phi) is 4.95. The first-order valence-electron chi connectivity index (χ1n) is 7.06. The van der Waals surface area contributed by atoms with Crippen LogP contribution in [0.3, 0.4) is 0 Å². The zero-order valence-corrected chi connectivity index (χ0v) is 13.8. The molecule has 2 rings (SSSR count). The van der Waals surface area contributed by atoms with E-state index in [-0.39, 0.29) is 27.7 Å². The standard InChI is InChI=1S/C16H16ClN3O3/c1-4-19(12-8-6-5-7-9-12)16(21)13-10(2)14(20(22)23)11(3)18-15(13)17/h5-9H,4H2,1-3H3. The first-order valence-corrected chi connectivity index (χ1v) is 7.44. The van der Waals surface area contributed by atoms with Gasteiger partial charge in [0, 0.05) is 17.8 Å². The largest absolute Gasteiger partial charge is 0.309 e. The highest BCUT2D eigenvalue weighted by atomic mass is 35.5. The van der Waals surface area contributed by atoms with Crippen LogP contribution < -0.4 is 4.90 Å². The second kappa shape index (κ2) is 6.75. The molecule has 2 aromatic rings. The molecule has 0 radical (unpaired) electrons. The SMILES string of the molecule is CCN(C(=O)c1c(Cl)nc(C)c([N+](=O)[O-])c1C)c1ccccc1. The molecule has 0 atom stereocenters. The molecule has 0 bridgehead atoms. The molecule has 0 aliphatic carbocycles. The van der Waals surface area contributed by atoms with E-state index in [1.165, 1.54) is 18.7 Å². The fourth-order valence-electron chi connectivity index (χ4n) is 2.50. The molecule has 120 valence electrons. The van der Waals surface area contributed by atoms with Crippen molar-refractivity contribution in [1.29, 1.82) is 0 Å². The van der Waals surface area contributed by atoms with Gasteiger partial charge < -0.3 is 4.90 Å². The van der Waals surface area contributed by atoms with Crippen molar-refractivity contribution in [2.24, 2.45) is 0 Å². The Bertz CT molecular complexity index is 763. The van der Waals surface area contributed by atoms with Gasteiger partial charge in [-0.2, -0.15) is 0 Å². The van der Waals surface area contributed by atoms with Crippen LogP contribution >= 0.6 is 11.6 Å². The maximum Gasteiger partial charge on any atom is 0.294 e. The summed E-state index contributed by atoms with van der Waals surface area (Å²) >= 11 is 6.11. The van der Waals surface area contributed by atoms with Gasteiger partial charge in [-0.15, -0.1) is 0 Å². The Balaban J connectivity index is 2.59. The minimum absolute atomic E-state index is 0.0232. The van der Waals surface area contributed by atoms with Crippen molar-refractivity contribution in [3.8, 4) is 0 Å². The van der Waals surface area contributed by atoms with Gasteiger partial charge in [0.2, 0.25) is 0 Å². The molecule has 0 fully saturated rings. The molecule has 23 heavy (non-hydrogen) atoms. The first kappa shape index (κ1) is 16.9. The highest BCUT2D eigenvalue weighted by Crippen LogP contribution is 2.31. The van der Waals surface area contributed by atoms with E-state index in [0.717, 1.165) is 0 Å². The first-order chi connectivity index (χ1) is 10.9. The molecule has 0 unspecified atom stereocenters. The Morgan fingerprint density at radius 1 is 1.30 bits per heavy atom. The Labute approximate surface area is 138 Å². The van der Waals surface area contributed by atoms with Crippen LogP contribution in [0.2, 0.25) is 5.15 Å². The summed E-state index contributed by atoms with van der Waals surface area (Å²) in [7, 11) is 0. The van der Waals surface area contributed by atoms with Gasteiger partial charge >= 0.3 is 0 Å². The van der Waals surface area contributed by atoms with E-state index in [2.05, 4.69) is 4.98 Å². The second-order valence-electron chi connectivity index (χ2n) is 4.98. The Hall–Kier alpha value is -2.47. The van der Waals surface area contributed by atoms with Crippen molar-refractivity contribution in [2.75, 3.05) is 11.4 Å². The number of nitro groups is 1. The van der Waals surface area contributed by atoms with E-state index in [9.17, 15) is 14.9 Å². The summed E-state index contributed by atoms with van der Waals surface area (Å²) in [5.74, 6) is -0.406. The lowest BCUT2D eigenvalue weighted by Crippen LogP contribution is -2.31. The van der Waals surface area contributed by atoms with Crippen LogP contribution in [0.5, 0.6) is 0 Å². The number of hydrogen-bond donors (Lipinski definition) is 0. The van der Waals surface area contributed by atoms with Crippen molar-refractivity contribution < 1.29 is 9.72 Å². The molecular formula is C16H16ClN3O3. The zero-order valence-electron chi connectivity index (χ0n) is 13.0. The number of amides is 1. The fourth-order valence-corrected chi connectivity index (χ4v) is 2.85. The molecule has 0 N–H and O–H groups in total. The third kappa shape index (κ3) is 3.17. The minimum atomic E-state index is -0.538. The number of carbonyl (C=O) groups excluding carboxylic acids is 1. The zero-order chi connectivity index (χ0) is 17.1. The lowest BCUT2D eigenvalue weighted by Gasteiger charge is -2.22. The normalized spacial score (nSPS) is 10.4. The topological polar surface area (TPSA) is 76.3 Å². The van der Waals surface area contributed by atoms with Crippen molar-refractivity contribution in [3.05, 3.63) is 62.4 Å². The second-order valence-corrected chi connectivity index (χ2v) is 5.34. The van der Waals surface area contributed by atoms with E-state index in [0.29, 0.717) is 12.2 Å². The number of anilines is 1. The van der Waals surface area contributed by atoms with Gasteiger partial charge in [0.1, 0.15) is 10.8 Å². The number of benzene rings is 1. The molecule has 1 aromatic carbocycles. The Morgan fingerprint density at radius 3 is 2.43 bits per heavy atom. The number of carbonyl (C=O) groups is 1. The lowest BCUT2D eigenvalue weighted by atomic mass is 10.1. The third-order valence-corrected chi connectivity index (χ3v) is 3.84. The molecular weight excluding hydrogens is 318 g/mol. The van der Waals surface area contributed by atoms with Gasteiger partial charge in [-0.05, 0) is 32.9 Å². The monoisotopic (exact) mass is 333 g/mol. The number of para-hydroxylation sites is 1. The molecule has 0 aliphatic heterocycles. The van der Waals surface area contributed by atoms with Crippen molar-refractivity contribution in [1.82, 2.24) is 4.98 Å². The Morgan fingerprint density at radius 2 is 1.91 bits per heavy atom. The van der Waals surface area contributed by atoms with Crippen LogP contribution in [0.25, 0.3) is 0 Å². The number of halogens is 1. The average Bonchev–Trinajstić information content (AvgIpc) is 2.48. The van der Waals surface area contributed by atoms with Crippen molar-refractivity contribution in [2.45, 2.75) is 20.8 Å². The van der Waals surface area contributed by atoms with Gasteiger partial charge in [0.25, 0.3) is 11.6 Å². The van der Waals surface area contributed by atoms with Crippen molar-refractivity contribution in [3.63, 3.8) is 0 Å². The van der Waals surface area contributed by atoms with E-state index in [1.807, 2.05) is 25.1 Å². The number of nitrogens with zero attached hydrogens (tertiary/aromatic N) is 3. The van der Waals surface area contributed by atoms with Gasteiger partial charge in [0.15, 0.2) is 0 Å². The molecule has 0 aliphatic rings. The summed E-state index contributed by atoms with van der Waals surface area (Å²) in [6.45, 7) is 5.25. The molecule has 1 heterocycles. The number of pyridine rings is 1. The fraction of sp³-hybridized carbons (Fsp3) is 0.250. The molecule has 7 heteroatoms. The van der Waals surface area contributed by atoms with Crippen molar-refractivity contribution >= 4 is 28.9 Å². The summed E-state index contributed by atoms with van der Waals surface area (Å²) in [5.41, 5.74) is 0.999. The molecule has 0 spiro atoms. The number of aromatic nitrogens is 1. The molecule has 0 saturated heterocycles. The highest BCUT2D eigenvalue weighted by molar-refractivity contribution is 6.33. The molecule has 1 amide bonds. The van der Waals surface area contributed by atoms with E-state index in [4.69, 9.17) is 11.6 Å². The van der Waals surface area contributed by atoms with E-state index in [1.54, 1.807) is 12.1 Å². The lowest BCUT2D eigenvalue weighted by molar-refractivity contribution is -0.386. The van der Waals surface area contributed by atoms with Gasteiger partial charge in [-0.25, -0.2) is 4.98 Å². The summed E-state index contributed by atoms with van der Waals surface area (Å²) in [4.78, 5) is 29.1. The number of aryl methyl sites for hydroxylation is 1. The van der Waals surface area contributed by atoms with Crippen LogP contribution in [0, 0.1) is 24.0 Å². The van der Waals surface area contributed by atoms with Gasteiger partial charge in [0.05, 0.1) is 10.5 Å². The quantitative estimate of drug-likeness (QED) is 0.482. The van der Waals surface area contributed by atoms with Crippen LogP contribution in [-0.2, 0) is 0 Å². The summed E-state index contributed by atoms with van der Waals surface area (Å²) in [6.07, 6.45) is 0. The van der Waals surface area contributed by atoms with Crippen LogP contribution in [-0.4, -0.2) is 22.4 Å². The minimum Gasteiger partial charge on any atom is -0.309 e. The van der Waals surface area contributed by atoms with E-state index >= 15 is 0 Å². The molecule has 0 saturated carbocycles. The highest BCUT2D eigenvalue weighted by Gasteiger charge is 2.28. The van der Waals surface area contributed by atoms with E-state index < -0.39 is 10.8 Å². The maximum absolute atomic E-state index is 12.9. The average molecular weight is 334 g/mol. The smallest absolute Gasteiger partial charge is 0.294 e. The van der Waals surface area contributed by atoms with Gasteiger partial charge in [-0.3, -0.25) is 14.9 Å². The summed E-state index contributed by atoms with van der Waals surface area (Å²) < 4.78 is 0. The summed E-state index contributed by atoms with van der Waals surface area (Å²) in [5, 5.41) is 11.2. The van der Waals surface area contributed by atoms with Crippen LogP contribution in [0.4, 0.5) is 11.4 Å². The predicted molar refractivity (Wildman–Crippen MR) is 89.2 cm³/mol. The maximum atomic E-state index is 12.9. The summed E-state index contributed by atoms with van der Waals surface area (Å²) in [6, 6.07) is 9.06. The molecule has 1 aromatic heterocycles.